The maximum absolute atomic E-state index is 12.1. The third-order valence-corrected chi connectivity index (χ3v) is 3.53. The van der Waals surface area contributed by atoms with Crippen LogP contribution in [0.15, 0.2) is 23.6 Å². The van der Waals surface area contributed by atoms with Gasteiger partial charge in [-0.1, -0.05) is 11.8 Å². The highest BCUT2D eigenvalue weighted by molar-refractivity contribution is 7.13. The van der Waals surface area contributed by atoms with Crippen molar-refractivity contribution in [1.29, 1.82) is 0 Å². The Morgan fingerprint density at radius 1 is 1.45 bits per heavy atom. The van der Waals surface area contributed by atoms with Gasteiger partial charge in [0.25, 0.3) is 5.91 Å². The molecular formula is C15H15N3OS. The number of aromatic nitrogens is 1. The number of carbonyl (C=O) groups is 1. The van der Waals surface area contributed by atoms with E-state index in [1.807, 2.05) is 31.4 Å². The Hall–Kier alpha value is -2.16. The summed E-state index contributed by atoms with van der Waals surface area (Å²) >= 11 is 1.41. The Kier molecular flexibility index (Phi) is 4.51. The van der Waals surface area contributed by atoms with Crippen LogP contribution in [0.4, 0.5) is 5.13 Å². The van der Waals surface area contributed by atoms with Gasteiger partial charge in [0.15, 0.2) is 5.13 Å². The molecule has 1 heterocycles. The van der Waals surface area contributed by atoms with Crippen LogP contribution in [-0.2, 0) is 0 Å². The maximum atomic E-state index is 12.1. The zero-order chi connectivity index (χ0) is 14.5. The summed E-state index contributed by atoms with van der Waals surface area (Å²) < 4.78 is 0. The van der Waals surface area contributed by atoms with Crippen molar-refractivity contribution < 1.29 is 4.79 Å². The first-order valence-electron chi connectivity index (χ1n) is 6.13. The van der Waals surface area contributed by atoms with Crippen LogP contribution in [0.1, 0.15) is 27.2 Å². The SMILES string of the molecule is Cc1csc(NC(=O)c2ccc(C#CCN)c(C)c2)n1. The summed E-state index contributed by atoms with van der Waals surface area (Å²) in [5.41, 5.74) is 8.68. The van der Waals surface area contributed by atoms with Gasteiger partial charge in [-0.05, 0) is 37.6 Å². The van der Waals surface area contributed by atoms with Crippen molar-refractivity contribution in [2.24, 2.45) is 5.73 Å². The van der Waals surface area contributed by atoms with Gasteiger partial charge < -0.3 is 5.73 Å². The predicted molar refractivity (Wildman–Crippen MR) is 81.9 cm³/mol. The lowest BCUT2D eigenvalue weighted by molar-refractivity contribution is 0.102. The van der Waals surface area contributed by atoms with E-state index in [4.69, 9.17) is 5.73 Å². The highest BCUT2D eigenvalue weighted by atomic mass is 32.1. The molecule has 102 valence electrons. The zero-order valence-corrected chi connectivity index (χ0v) is 12.2. The van der Waals surface area contributed by atoms with Gasteiger partial charge in [0, 0.05) is 16.5 Å². The number of aryl methyl sites for hydroxylation is 2. The highest BCUT2D eigenvalue weighted by Gasteiger charge is 2.09. The molecule has 4 nitrogen and oxygen atoms in total. The van der Waals surface area contributed by atoms with E-state index in [1.54, 1.807) is 6.07 Å². The Labute approximate surface area is 122 Å². The summed E-state index contributed by atoms with van der Waals surface area (Å²) in [6.07, 6.45) is 0. The zero-order valence-electron chi connectivity index (χ0n) is 11.4. The van der Waals surface area contributed by atoms with Gasteiger partial charge in [-0.3, -0.25) is 10.1 Å². The standard InChI is InChI=1S/C15H15N3OS/c1-10-8-13(6-5-12(10)4-3-7-16)14(19)18-15-17-11(2)9-20-15/h5-6,8-9H,7,16H2,1-2H3,(H,17,18,19). The minimum Gasteiger partial charge on any atom is -0.320 e. The largest absolute Gasteiger partial charge is 0.320 e. The summed E-state index contributed by atoms with van der Waals surface area (Å²) in [5.74, 6) is 5.61. The molecule has 2 aromatic rings. The molecule has 1 amide bonds. The lowest BCUT2D eigenvalue weighted by atomic mass is 10.1. The molecule has 5 heteroatoms. The average molecular weight is 285 g/mol. The quantitative estimate of drug-likeness (QED) is 0.832. The van der Waals surface area contributed by atoms with E-state index in [0.717, 1.165) is 16.8 Å². The summed E-state index contributed by atoms with van der Waals surface area (Å²) in [4.78, 5) is 16.3. The summed E-state index contributed by atoms with van der Waals surface area (Å²) in [6.45, 7) is 4.14. The van der Waals surface area contributed by atoms with Crippen LogP contribution in [0.25, 0.3) is 0 Å². The first kappa shape index (κ1) is 14.3. The van der Waals surface area contributed by atoms with Gasteiger partial charge in [0.2, 0.25) is 0 Å². The first-order valence-corrected chi connectivity index (χ1v) is 7.01. The van der Waals surface area contributed by atoms with E-state index in [9.17, 15) is 4.79 Å². The molecule has 0 unspecified atom stereocenters. The van der Waals surface area contributed by atoms with Crippen LogP contribution in [0, 0.1) is 25.7 Å². The van der Waals surface area contributed by atoms with E-state index in [-0.39, 0.29) is 5.91 Å². The second-order valence-electron chi connectivity index (χ2n) is 4.28. The van der Waals surface area contributed by atoms with Gasteiger partial charge in [0.05, 0.1) is 12.2 Å². The third kappa shape index (κ3) is 3.44. The molecule has 0 saturated heterocycles. The second kappa shape index (κ2) is 6.33. The van der Waals surface area contributed by atoms with Crippen molar-refractivity contribution in [2.45, 2.75) is 13.8 Å². The Bertz CT molecular complexity index is 695. The van der Waals surface area contributed by atoms with E-state index in [0.29, 0.717) is 17.2 Å². The van der Waals surface area contributed by atoms with Crippen LogP contribution < -0.4 is 11.1 Å². The number of rotatable bonds is 2. The lowest BCUT2D eigenvalue weighted by Crippen LogP contribution is -2.12. The number of anilines is 1. The molecule has 0 spiro atoms. The molecule has 2 rings (SSSR count). The van der Waals surface area contributed by atoms with Crippen molar-refractivity contribution in [1.82, 2.24) is 4.98 Å². The van der Waals surface area contributed by atoms with E-state index < -0.39 is 0 Å². The molecular weight excluding hydrogens is 270 g/mol. The second-order valence-corrected chi connectivity index (χ2v) is 5.14. The Morgan fingerprint density at radius 2 is 2.25 bits per heavy atom. The maximum Gasteiger partial charge on any atom is 0.257 e. The number of amides is 1. The van der Waals surface area contributed by atoms with Gasteiger partial charge in [-0.25, -0.2) is 4.98 Å². The summed E-state index contributed by atoms with van der Waals surface area (Å²) in [6, 6.07) is 5.40. The van der Waals surface area contributed by atoms with Crippen molar-refractivity contribution in [3.05, 3.63) is 46.0 Å². The molecule has 3 N–H and O–H groups in total. The minimum absolute atomic E-state index is 0.166. The molecule has 0 saturated carbocycles. The number of nitrogens with one attached hydrogen (secondary N) is 1. The molecule has 1 aromatic heterocycles. The topological polar surface area (TPSA) is 68.0 Å². The van der Waals surface area contributed by atoms with Crippen LogP contribution in [0.3, 0.4) is 0 Å². The first-order chi connectivity index (χ1) is 9.60. The highest BCUT2D eigenvalue weighted by Crippen LogP contribution is 2.17. The van der Waals surface area contributed by atoms with Crippen molar-refractivity contribution in [3.63, 3.8) is 0 Å². The smallest absolute Gasteiger partial charge is 0.257 e. The van der Waals surface area contributed by atoms with Gasteiger partial charge >= 0.3 is 0 Å². The van der Waals surface area contributed by atoms with Gasteiger partial charge in [-0.15, -0.1) is 11.3 Å². The van der Waals surface area contributed by atoms with Crippen molar-refractivity contribution in [3.8, 4) is 11.8 Å². The molecule has 0 aliphatic carbocycles. The summed E-state index contributed by atoms with van der Waals surface area (Å²) in [7, 11) is 0. The number of nitrogens with zero attached hydrogens (tertiary/aromatic N) is 1. The molecule has 0 fully saturated rings. The average Bonchev–Trinajstić information content (AvgIpc) is 2.82. The third-order valence-electron chi connectivity index (χ3n) is 2.65. The normalized spacial score (nSPS) is 9.75. The molecule has 0 aliphatic heterocycles. The van der Waals surface area contributed by atoms with Crippen LogP contribution in [0.5, 0.6) is 0 Å². The summed E-state index contributed by atoms with van der Waals surface area (Å²) in [5, 5.41) is 5.29. The molecule has 0 aliphatic rings. The number of hydrogen-bond acceptors (Lipinski definition) is 4. The molecule has 1 aromatic carbocycles. The number of benzene rings is 1. The Morgan fingerprint density at radius 3 is 2.85 bits per heavy atom. The van der Waals surface area contributed by atoms with E-state index >= 15 is 0 Å². The number of hydrogen-bond donors (Lipinski definition) is 2. The van der Waals surface area contributed by atoms with E-state index in [2.05, 4.69) is 22.1 Å². The Balaban J connectivity index is 2.16. The van der Waals surface area contributed by atoms with Crippen molar-refractivity contribution in [2.75, 3.05) is 11.9 Å². The van der Waals surface area contributed by atoms with E-state index in [1.165, 1.54) is 11.3 Å². The van der Waals surface area contributed by atoms with Crippen LogP contribution in [-0.4, -0.2) is 17.4 Å². The molecule has 0 atom stereocenters. The molecule has 0 radical (unpaired) electrons. The minimum atomic E-state index is -0.166. The number of nitrogens with two attached hydrogens (primary N) is 1. The molecule has 0 bridgehead atoms. The van der Waals surface area contributed by atoms with Crippen LogP contribution in [0.2, 0.25) is 0 Å². The lowest BCUT2D eigenvalue weighted by Gasteiger charge is -2.04. The number of carbonyl (C=O) groups excluding carboxylic acids is 1. The fraction of sp³-hybridized carbons (Fsp3) is 0.200. The monoisotopic (exact) mass is 285 g/mol. The fourth-order valence-corrected chi connectivity index (χ4v) is 2.36. The molecule has 20 heavy (non-hydrogen) atoms. The van der Waals surface area contributed by atoms with Crippen LogP contribution >= 0.6 is 11.3 Å². The van der Waals surface area contributed by atoms with Crippen molar-refractivity contribution >= 4 is 22.4 Å². The predicted octanol–water partition coefficient (Wildman–Crippen LogP) is 2.32. The van der Waals surface area contributed by atoms with Gasteiger partial charge in [0.1, 0.15) is 0 Å². The number of thiazole rings is 1. The fourth-order valence-electron chi connectivity index (χ4n) is 1.67. The van der Waals surface area contributed by atoms with Gasteiger partial charge in [-0.2, -0.15) is 0 Å².